The zero-order valence-electron chi connectivity index (χ0n) is 9.63. The SMILES string of the molecule is C[C@H](c1ccccc1)c1ccccc1C(=O)O. The summed E-state index contributed by atoms with van der Waals surface area (Å²) in [6, 6.07) is 17.1. The van der Waals surface area contributed by atoms with E-state index in [9.17, 15) is 4.79 Å². The second kappa shape index (κ2) is 4.83. The summed E-state index contributed by atoms with van der Waals surface area (Å²) in [5.74, 6) is -0.785. The van der Waals surface area contributed by atoms with E-state index in [1.165, 1.54) is 0 Å². The predicted octanol–water partition coefficient (Wildman–Crippen LogP) is 3.54. The van der Waals surface area contributed by atoms with Gasteiger partial charge in [0.2, 0.25) is 0 Å². The Balaban J connectivity index is 2.44. The number of hydrogen-bond acceptors (Lipinski definition) is 1. The minimum Gasteiger partial charge on any atom is -0.478 e. The summed E-state index contributed by atoms with van der Waals surface area (Å²) in [6.07, 6.45) is 0. The van der Waals surface area contributed by atoms with Crippen LogP contribution in [0.1, 0.15) is 34.3 Å². The molecule has 2 rings (SSSR count). The lowest BCUT2D eigenvalue weighted by atomic mass is 9.90. The molecule has 0 heterocycles. The molecule has 0 aliphatic carbocycles. The summed E-state index contributed by atoms with van der Waals surface area (Å²) in [6.45, 7) is 2.02. The second-order valence-corrected chi connectivity index (χ2v) is 4.02. The first-order valence-corrected chi connectivity index (χ1v) is 5.57. The largest absolute Gasteiger partial charge is 0.478 e. The molecule has 0 fully saturated rings. The van der Waals surface area contributed by atoms with Crippen molar-refractivity contribution in [2.45, 2.75) is 12.8 Å². The maximum atomic E-state index is 11.2. The van der Waals surface area contributed by atoms with Crippen molar-refractivity contribution >= 4 is 5.97 Å². The normalized spacial score (nSPS) is 12.1. The number of hydrogen-bond donors (Lipinski definition) is 1. The fraction of sp³-hybridized carbons (Fsp3) is 0.133. The molecule has 1 atom stereocenters. The molecule has 0 spiro atoms. The van der Waals surface area contributed by atoms with Gasteiger partial charge in [-0.25, -0.2) is 4.79 Å². The van der Waals surface area contributed by atoms with Gasteiger partial charge in [-0.3, -0.25) is 0 Å². The molecule has 2 aromatic carbocycles. The van der Waals surface area contributed by atoms with Crippen molar-refractivity contribution < 1.29 is 9.90 Å². The third-order valence-corrected chi connectivity index (χ3v) is 2.96. The second-order valence-electron chi connectivity index (χ2n) is 4.02. The lowest BCUT2D eigenvalue weighted by Crippen LogP contribution is -2.06. The fourth-order valence-electron chi connectivity index (χ4n) is 1.99. The van der Waals surface area contributed by atoms with Gasteiger partial charge >= 0.3 is 5.97 Å². The third-order valence-electron chi connectivity index (χ3n) is 2.96. The number of benzene rings is 2. The van der Waals surface area contributed by atoms with Crippen LogP contribution >= 0.6 is 0 Å². The summed E-state index contributed by atoms with van der Waals surface area (Å²) in [5, 5.41) is 9.16. The lowest BCUT2D eigenvalue weighted by molar-refractivity contribution is 0.0695. The van der Waals surface area contributed by atoms with Crippen molar-refractivity contribution in [1.82, 2.24) is 0 Å². The highest BCUT2D eigenvalue weighted by Crippen LogP contribution is 2.26. The molecule has 17 heavy (non-hydrogen) atoms. The Labute approximate surface area is 101 Å². The number of carboxylic acid groups (broad SMARTS) is 1. The van der Waals surface area contributed by atoms with Crippen molar-refractivity contribution in [2.75, 3.05) is 0 Å². The van der Waals surface area contributed by atoms with Gasteiger partial charge < -0.3 is 5.11 Å². The van der Waals surface area contributed by atoms with Crippen molar-refractivity contribution in [1.29, 1.82) is 0 Å². The third kappa shape index (κ3) is 2.36. The highest BCUT2D eigenvalue weighted by atomic mass is 16.4. The van der Waals surface area contributed by atoms with E-state index < -0.39 is 5.97 Å². The van der Waals surface area contributed by atoms with Crippen molar-refractivity contribution in [3.05, 3.63) is 71.3 Å². The van der Waals surface area contributed by atoms with E-state index in [4.69, 9.17) is 5.11 Å². The standard InChI is InChI=1S/C15H14O2/c1-11(12-7-3-2-4-8-12)13-9-5-6-10-14(13)15(16)17/h2-11H,1H3,(H,16,17)/t11-/m1/s1. The molecule has 0 aliphatic heterocycles. The Kier molecular flexibility index (Phi) is 3.24. The van der Waals surface area contributed by atoms with Crippen LogP contribution in [0.2, 0.25) is 0 Å². The quantitative estimate of drug-likeness (QED) is 0.869. The summed E-state index contributed by atoms with van der Waals surface area (Å²) >= 11 is 0. The van der Waals surface area contributed by atoms with E-state index in [1.807, 2.05) is 49.4 Å². The van der Waals surface area contributed by atoms with Crippen LogP contribution in [-0.4, -0.2) is 11.1 Å². The molecule has 2 heteroatoms. The molecule has 0 aromatic heterocycles. The first kappa shape index (κ1) is 11.4. The Morgan fingerprint density at radius 3 is 2.24 bits per heavy atom. The van der Waals surface area contributed by atoms with Crippen LogP contribution in [0.15, 0.2) is 54.6 Å². The minimum atomic E-state index is -0.872. The Bertz CT molecular complexity index is 517. The zero-order chi connectivity index (χ0) is 12.3. The number of carbonyl (C=O) groups is 1. The minimum absolute atomic E-state index is 0.0866. The van der Waals surface area contributed by atoms with Crippen molar-refractivity contribution in [3.8, 4) is 0 Å². The van der Waals surface area contributed by atoms with Crippen LogP contribution in [0.3, 0.4) is 0 Å². The molecule has 0 bridgehead atoms. The van der Waals surface area contributed by atoms with Crippen LogP contribution in [0, 0.1) is 0 Å². The van der Waals surface area contributed by atoms with E-state index in [0.717, 1.165) is 11.1 Å². The molecule has 0 radical (unpaired) electrons. The number of rotatable bonds is 3. The van der Waals surface area contributed by atoms with E-state index >= 15 is 0 Å². The molecule has 86 valence electrons. The first-order valence-electron chi connectivity index (χ1n) is 5.57. The van der Waals surface area contributed by atoms with Gasteiger partial charge in [-0.1, -0.05) is 55.5 Å². The molecule has 0 unspecified atom stereocenters. The van der Waals surface area contributed by atoms with Crippen molar-refractivity contribution in [2.24, 2.45) is 0 Å². The maximum absolute atomic E-state index is 11.2. The van der Waals surface area contributed by atoms with Gasteiger partial charge in [-0.15, -0.1) is 0 Å². The monoisotopic (exact) mass is 226 g/mol. The van der Waals surface area contributed by atoms with E-state index in [2.05, 4.69) is 0 Å². The molecule has 0 amide bonds. The van der Waals surface area contributed by atoms with Crippen LogP contribution in [0.25, 0.3) is 0 Å². The molecule has 0 aliphatic rings. The fourth-order valence-corrected chi connectivity index (χ4v) is 1.99. The van der Waals surface area contributed by atoms with Gasteiger partial charge in [0, 0.05) is 5.92 Å². The van der Waals surface area contributed by atoms with E-state index in [0.29, 0.717) is 5.56 Å². The van der Waals surface area contributed by atoms with E-state index in [-0.39, 0.29) is 5.92 Å². The van der Waals surface area contributed by atoms with Gasteiger partial charge in [0.05, 0.1) is 5.56 Å². The first-order chi connectivity index (χ1) is 8.20. The lowest BCUT2D eigenvalue weighted by Gasteiger charge is -2.14. The Morgan fingerprint density at radius 1 is 1.00 bits per heavy atom. The summed E-state index contributed by atoms with van der Waals surface area (Å²) < 4.78 is 0. The summed E-state index contributed by atoms with van der Waals surface area (Å²) in [4.78, 5) is 11.2. The molecule has 2 aromatic rings. The van der Waals surface area contributed by atoms with Gasteiger partial charge in [-0.2, -0.15) is 0 Å². The molecular formula is C15H14O2. The van der Waals surface area contributed by atoms with Crippen LogP contribution in [-0.2, 0) is 0 Å². The van der Waals surface area contributed by atoms with Crippen molar-refractivity contribution in [3.63, 3.8) is 0 Å². The Hall–Kier alpha value is -2.09. The van der Waals surface area contributed by atoms with E-state index in [1.54, 1.807) is 12.1 Å². The summed E-state index contributed by atoms with van der Waals surface area (Å²) in [7, 11) is 0. The van der Waals surface area contributed by atoms with Crippen LogP contribution < -0.4 is 0 Å². The molecule has 0 saturated heterocycles. The average molecular weight is 226 g/mol. The van der Waals surface area contributed by atoms with Crippen LogP contribution in [0.4, 0.5) is 0 Å². The smallest absolute Gasteiger partial charge is 0.335 e. The van der Waals surface area contributed by atoms with Gasteiger partial charge in [0.25, 0.3) is 0 Å². The highest BCUT2D eigenvalue weighted by molar-refractivity contribution is 5.89. The average Bonchev–Trinajstić information content (AvgIpc) is 2.39. The molecular weight excluding hydrogens is 212 g/mol. The molecule has 2 nitrogen and oxygen atoms in total. The molecule has 1 N–H and O–H groups in total. The maximum Gasteiger partial charge on any atom is 0.335 e. The Morgan fingerprint density at radius 2 is 1.59 bits per heavy atom. The topological polar surface area (TPSA) is 37.3 Å². The van der Waals surface area contributed by atoms with Gasteiger partial charge in [0.15, 0.2) is 0 Å². The van der Waals surface area contributed by atoms with Gasteiger partial charge in [-0.05, 0) is 17.2 Å². The number of aromatic carboxylic acids is 1. The summed E-state index contributed by atoms with van der Waals surface area (Å²) in [5.41, 5.74) is 2.36. The number of carboxylic acids is 1. The predicted molar refractivity (Wildman–Crippen MR) is 67.4 cm³/mol. The zero-order valence-corrected chi connectivity index (χ0v) is 9.63. The molecule has 0 saturated carbocycles. The van der Waals surface area contributed by atoms with Gasteiger partial charge in [0.1, 0.15) is 0 Å². The highest BCUT2D eigenvalue weighted by Gasteiger charge is 2.15. The van der Waals surface area contributed by atoms with Crippen LogP contribution in [0.5, 0.6) is 0 Å².